The van der Waals surface area contributed by atoms with Crippen molar-refractivity contribution in [1.82, 2.24) is 20.4 Å². The Morgan fingerprint density at radius 3 is 2.80 bits per heavy atom. The summed E-state index contributed by atoms with van der Waals surface area (Å²) in [7, 11) is 0. The van der Waals surface area contributed by atoms with Crippen molar-refractivity contribution < 1.29 is 8.91 Å². The van der Waals surface area contributed by atoms with Crippen molar-refractivity contribution in [3.63, 3.8) is 0 Å². The summed E-state index contributed by atoms with van der Waals surface area (Å²) in [5.41, 5.74) is 6.30. The summed E-state index contributed by atoms with van der Waals surface area (Å²) >= 11 is 0. The fourth-order valence-electron chi connectivity index (χ4n) is 2.73. The molecule has 1 aliphatic heterocycles. The van der Waals surface area contributed by atoms with E-state index in [1.807, 2.05) is 19.9 Å². The normalized spacial score (nSPS) is 18.3. The molecule has 0 radical (unpaired) electrons. The van der Waals surface area contributed by atoms with Crippen molar-refractivity contribution in [1.29, 1.82) is 0 Å². The standard InChI is InChI=1S/C16H22FN5O.2ClH/c1-16(2,18)15-20-14(23-21-15)10-22-7-6-19-9-13(22)11-4-3-5-12(17)8-11;;/h3-5,8,13,19H,6-7,9-10,18H2,1-2H3;2*1H. The molecule has 1 unspecified atom stereocenters. The van der Waals surface area contributed by atoms with E-state index in [2.05, 4.69) is 20.4 Å². The molecule has 9 heteroatoms. The molecular weight excluding hydrogens is 368 g/mol. The first-order chi connectivity index (χ1) is 10.9. The van der Waals surface area contributed by atoms with Gasteiger partial charge in [-0.15, -0.1) is 24.8 Å². The molecule has 6 nitrogen and oxygen atoms in total. The first-order valence-corrected chi connectivity index (χ1v) is 7.75. The molecule has 2 heterocycles. The largest absolute Gasteiger partial charge is 0.338 e. The number of hydrogen-bond donors (Lipinski definition) is 2. The predicted molar refractivity (Wildman–Crippen MR) is 98.4 cm³/mol. The Bertz CT molecular complexity index is 677. The number of nitrogens with one attached hydrogen (secondary N) is 1. The molecule has 1 fully saturated rings. The lowest BCUT2D eigenvalue weighted by molar-refractivity contribution is 0.135. The van der Waals surface area contributed by atoms with E-state index in [4.69, 9.17) is 10.3 Å². The average Bonchev–Trinajstić information content (AvgIpc) is 2.96. The number of benzene rings is 1. The van der Waals surface area contributed by atoms with Crippen LogP contribution in [-0.2, 0) is 12.1 Å². The summed E-state index contributed by atoms with van der Waals surface area (Å²) in [6, 6.07) is 6.78. The Hall–Kier alpha value is -1.25. The fourth-order valence-corrected chi connectivity index (χ4v) is 2.73. The Labute approximate surface area is 159 Å². The quantitative estimate of drug-likeness (QED) is 0.832. The van der Waals surface area contributed by atoms with Gasteiger partial charge in [-0.3, -0.25) is 4.90 Å². The molecule has 3 N–H and O–H groups in total. The zero-order valence-electron chi connectivity index (χ0n) is 14.2. The van der Waals surface area contributed by atoms with Crippen LogP contribution in [0, 0.1) is 5.82 Å². The molecule has 0 spiro atoms. The van der Waals surface area contributed by atoms with Crippen LogP contribution in [0.1, 0.15) is 37.2 Å². The van der Waals surface area contributed by atoms with Crippen molar-refractivity contribution in [2.45, 2.75) is 32.0 Å². The minimum atomic E-state index is -0.632. The molecule has 0 bridgehead atoms. The van der Waals surface area contributed by atoms with E-state index in [9.17, 15) is 4.39 Å². The second-order valence-corrected chi connectivity index (χ2v) is 6.48. The van der Waals surface area contributed by atoms with Gasteiger partial charge in [0, 0.05) is 25.7 Å². The van der Waals surface area contributed by atoms with E-state index in [1.54, 1.807) is 12.1 Å². The van der Waals surface area contributed by atoms with Crippen LogP contribution in [0.5, 0.6) is 0 Å². The number of nitrogens with zero attached hydrogens (tertiary/aromatic N) is 3. The number of piperazine rings is 1. The number of halogens is 3. The van der Waals surface area contributed by atoms with Gasteiger partial charge in [-0.25, -0.2) is 4.39 Å². The highest BCUT2D eigenvalue weighted by Crippen LogP contribution is 2.25. The Kier molecular flexibility index (Phi) is 7.77. The second kappa shape index (κ2) is 8.91. The molecule has 1 saturated heterocycles. The highest BCUT2D eigenvalue weighted by Gasteiger charge is 2.27. The Morgan fingerprint density at radius 2 is 2.16 bits per heavy atom. The maximum atomic E-state index is 13.5. The number of aromatic nitrogens is 2. The predicted octanol–water partition coefficient (Wildman–Crippen LogP) is 2.39. The van der Waals surface area contributed by atoms with Crippen molar-refractivity contribution in [2.75, 3.05) is 19.6 Å². The Morgan fingerprint density at radius 1 is 1.40 bits per heavy atom. The van der Waals surface area contributed by atoms with Crippen molar-refractivity contribution in [3.8, 4) is 0 Å². The number of nitrogens with two attached hydrogens (primary N) is 1. The summed E-state index contributed by atoms with van der Waals surface area (Å²) in [6.07, 6.45) is 0. The summed E-state index contributed by atoms with van der Waals surface area (Å²) < 4.78 is 18.8. The second-order valence-electron chi connectivity index (χ2n) is 6.48. The SMILES string of the molecule is CC(C)(N)c1noc(CN2CCNCC2c2cccc(F)c2)n1.Cl.Cl. The molecule has 25 heavy (non-hydrogen) atoms. The molecule has 140 valence electrons. The van der Waals surface area contributed by atoms with E-state index >= 15 is 0 Å². The van der Waals surface area contributed by atoms with Crippen LogP contribution < -0.4 is 11.1 Å². The van der Waals surface area contributed by atoms with Gasteiger partial charge in [0.05, 0.1) is 12.1 Å². The van der Waals surface area contributed by atoms with Crippen LogP contribution in [0.4, 0.5) is 4.39 Å². The van der Waals surface area contributed by atoms with E-state index in [-0.39, 0.29) is 36.7 Å². The first kappa shape index (κ1) is 21.8. The van der Waals surface area contributed by atoms with E-state index < -0.39 is 5.54 Å². The van der Waals surface area contributed by atoms with Gasteiger partial charge in [0.1, 0.15) is 5.82 Å². The third-order valence-corrected chi connectivity index (χ3v) is 3.97. The maximum absolute atomic E-state index is 13.5. The third-order valence-electron chi connectivity index (χ3n) is 3.97. The van der Waals surface area contributed by atoms with Gasteiger partial charge in [0.25, 0.3) is 0 Å². The van der Waals surface area contributed by atoms with E-state index in [0.717, 1.165) is 25.2 Å². The van der Waals surface area contributed by atoms with E-state index in [1.165, 1.54) is 6.07 Å². The number of rotatable bonds is 4. The molecule has 1 aromatic heterocycles. The molecule has 0 amide bonds. The minimum absolute atomic E-state index is 0. The summed E-state index contributed by atoms with van der Waals surface area (Å²) in [5.74, 6) is 0.796. The smallest absolute Gasteiger partial charge is 0.240 e. The van der Waals surface area contributed by atoms with Gasteiger partial charge in [-0.05, 0) is 31.5 Å². The zero-order chi connectivity index (χ0) is 16.4. The molecule has 1 atom stereocenters. The molecule has 1 aliphatic rings. The maximum Gasteiger partial charge on any atom is 0.240 e. The fraction of sp³-hybridized carbons (Fsp3) is 0.500. The minimum Gasteiger partial charge on any atom is -0.338 e. The lowest BCUT2D eigenvalue weighted by Crippen LogP contribution is -2.45. The molecule has 2 aromatic rings. The third kappa shape index (κ3) is 5.36. The van der Waals surface area contributed by atoms with Gasteiger partial charge in [0.2, 0.25) is 5.89 Å². The molecule has 3 rings (SSSR count). The summed E-state index contributed by atoms with van der Waals surface area (Å²) in [5, 5.41) is 7.30. The molecule has 0 aliphatic carbocycles. The van der Waals surface area contributed by atoms with Crippen molar-refractivity contribution in [2.24, 2.45) is 5.73 Å². The van der Waals surface area contributed by atoms with Gasteiger partial charge in [0.15, 0.2) is 5.82 Å². The lowest BCUT2D eigenvalue weighted by Gasteiger charge is -2.35. The molecule has 0 saturated carbocycles. The Balaban J connectivity index is 0.00000156. The van der Waals surface area contributed by atoms with Gasteiger partial charge in [-0.2, -0.15) is 4.98 Å². The van der Waals surface area contributed by atoms with Crippen LogP contribution in [0.2, 0.25) is 0 Å². The van der Waals surface area contributed by atoms with Crippen LogP contribution in [0.3, 0.4) is 0 Å². The van der Waals surface area contributed by atoms with Crippen molar-refractivity contribution in [3.05, 3.63) is 47.4 Å². The van der Waals surface area contributed by atoms with E-state index in [0.29, 0.717) is 18.3 Å². The van der Waals surface area contributed by atoms with Gasteiger partial charge >= 0.3 is 0 Å². The van der Waals surface area contributed by atoms with Crippen molar-refractivity contribution >= 4 is 24.8 Å². The highest BCUT2D eigenvalue weighted by molar-refractivity contribution is 5.85. The summed E-state index contributed by atoms with van der Waals surface area (Å²) in [6.45, 7) is 6.64. The monoisotopic (exact) mass is 391 g/mol. The van der Waals surface area contributed by atoms with Crippen LogP contribution >= 0.6 is 24.8 Å². The number of hydrogen-bond acceptors (Lipinski definition) is 6. The van der Waals surface area contributed by atoms with Gasteiger partial charge in [-0.1, -0.05) is 17.3 Å². The van der Waals surface area contributed by atoms with Crippen LogP contribution in [0.15, 0.2) is 28.8 Å². The summed E-state index contributed by atoms with van der Waals surface area (Å²) in [4.78, 5) is 6.60. The zero-order valence-corrected chi connectivity index (χ0v) is 15.9. The topological polar surface area (TPSA) is 80.2 Å². The highest BCUT2D eigenvalue weighted by atomic mass is 35.5. The van der Waals surface area contributed by atoms with Gasteiger partial charge < -0.3 is 15.6 Å². The molecule has 1 aromatic carbocycles. The van der Waals surface area contributed by atoms with Crippen LogP contribution in [0.25, 0.3) is 0 Å². The lowest BCUT2D eigenvalue weighted by atomic mass is 10.0. The average molecular weight is 392 g/mol. The molecular formula is C16H24Cl2FN5O. The first-order valence-electron chi connectivity index (χ1n) is 7.75. The van der Waals surface area contributed by atoms with Crippen LogP contribution in [-0.4, -0.2) is 34.7 Å².